The van der Waals surface area contributed by atoms with E-state index in [4.69, 9.17) is 9.97 Å². The van der Waals surface area contributed by atoms with Gasteiger partial charge in [0, 0.05) is 81.3 Å². The van der Waals surface area contributed by atoms with Crippen molar-refractivity contribution in [1.82, 2.24) is 24.8 Å². The second-order valence-electron chi connectivity index (χ2n) is 8.43. The van der Waals surface area contributed by atoms with E-state index in [9.17, 15) is 4.79 Å². The van der Waals surface area contributed by atoms with Crippen LogP contribution < -0.4 is 4.90 Å². The van der Waals surface area contributed by atoms with Crippen LogP contribution in [0.25, 0.3) is 11.1 Å². The van der Waals surface area contributed by atoms with Crippen molar-refractivity contribution in [2.45, 2.75) is 38.5 Å². The molecule has 0 radical (unpaired) electrons. The largest absolute Gasteiger partial charge is 0.342 e. The van der Waals surface area contributed by atoms with Crippen LogP contribution in [0.15, 0.2) is 30.7 Å². The van der Waals surface area contributed by atoms with E-state index < -0.39 is 0 Å². The number of nitrogens with zero attached hydrogens (tertiary/aromatic N) is 6. The molecular weight excluding hydrogens is 376 g/mol. The molecule has 0 aromatic carbocycles. The van der Waals surface area contributed by atoms with Crippen LogP contribution in [0.2, 0.25) is 0 Å². The summed E-state index contributed by atoms with van der Waals surface area (Å²) in [4.78, 5) is 33.3. The summed E-state index contributed by atoms with van der Waals surface area (Å²) >= 11 is 0. The highest BCUT2D eigenvalue weighted by atomic mass is 16.2. The molecule has 1 amide bonds. The van der Waals surface area contributed by atoms with Gasteiger partial charge in [-0.15, -0.1) is 0 Å². The van der Waals surface area contributed by atoms with E-state index in [-0.39, 0.29) is 11.8 Å². The second kappa shape index (κ2) is 9.51. The van der Waals surface area contributed by atoms with Crippen LogP contribution in [0.5, 0.6) is 0 Å². The molecule has 2 aromatic rings. The van der Waals surface area contributed by atoms with Crippen LogP contribution in [0.4, 0.5) is 5.95 Å². The first-order valence-electron chi connectivity index (χ1n) is 11.1. The summed E-state index contributed by atoms with van der Waals surface area (Å²) in [6.45, 7) is 7.57. The van der Waals surface area contributed by atoms with Crippen molar-refractivity contribution in [3.8, 4) is 11.1 Å². The molecule has 0 N–H and O–H groups in total. The minimum atomic E-state index is 0.226. The maximum Gasteiger partial charge on any atom is 0.225 e. The zero-order chi connectivity index (χ0) is 20.9. The summed E-state index contributed by atoms with van der Waals surface area (Å²) < 4.78 is 0. The number of hydrogen-bond acceptors (Lipinski definition) is 6. The number of carbonyl (C=O) groups excluding carboxylic acids is 1. The summed E-state index contributed by atoms with van der Waals surface area (Å²) in [5, 5.41) is 0. The van der Waals surface area contributed by atoms with E-state index in [0.29, 0.717) is 6.42 Å². The van der Waals surface area contributed by atoms with Crippen molar-refractivity contribution in [2.24, 2.45) is 0 Å². The van der Waals surface area contributed by atoms with Crippen molar-refractivity contribution >= 4 is 11.9 Å². The van der Waals surface area contributed by atoms with Gasteiger partial charge in [0.15, 0.2) is 0 Å². The SMILES string of the molecule is CCCC(=O)N1CCCC(c2nc(N3CCN(C)CC3)ncc2-c2cccnc2)C1. The Hall–Kier alpha value is -2.54. The van der Waals surface area contributed by atoms with Crippen LogP contribution >= 0.6 is 0 Å². The Morgan fingerprint density at radius 1 is 1.17 bits per heavy atom. The molecule has 0 bridgehead atoms. The summed E-state index contributed by atoms with van der Waals surface area (Å²) in [7, 11) is 2.15. The molecule has 2 aromatic heterocycles. The Labute approximate surface area is 179 Å². The van der Waals surface area contributed by atoms with Gasteiger partial charge in [-0.1, -0.05) is 13.0 Å². The molecule has 160 valence electrons. The van der Waals surface area contributed by atoms with Crippen molar-refractivity contribution in [1.29, 1.82) is 0 Å². The molecular formula is C23H32N6O. The van der Waals surface area contributed by atoms with Crippen molar-refractivity contribution in [3.63, 3.8) is 0 Å². The van der Waals surface area contributed by atoms with Crippen molar-refractivity contribution < 1.29 is 4.79 Å². The van der Waals surface area contributed by atoms with Gasteiger partial charge in [0.2, 0.25) is 11.9 Å². The van der Waals surface area contributed by atoms with Gasteiger partial charge in [-0.05, 0) is 32.4 Å². The fourth-order valence-electron chi connectivity index (χ4n) is 4.40. The number of rotatable bonds is 5. The third-order valence-corrected chi connectivity index (χ3v) is 6.19. The minimum Gasteiger partial charge on any atom is -0.342 e. The Balaban J connectivity index is 1.66. The molecule has 30 heavy (non-hydrogen) atoms. The molecule has 4 heterocycles. The van der Waals surface area contributed by atoms with Crippen molar-refractivity contribution in [3.05, 3.63) is 36.4 Å². The van der Waals surface area contributed by atoms with Crippen LogP contribution in [0.3, 0.4) is 0 Å². The van der Waals surface area contributed by atoms with E-state index in [0.717, 1.165) is 81.3 Å². The highest BCUT2D eigenvalue weighted by Gasteiger charge is 2.28. The van der Waals surface area contributed by atoms with Gasteiger partial charge in [0.1, 0.15) is 0 Å². The summed E-state index contributed by atoms with van der Waals surface area (Å²) in [6, 6.07) is 4.01. The molecule has 1 unspecified atom stereocenters. The molecule has 7 nitrogen and oxygen atoms in total. The molecule has 0 spiro atoms. The normalized spacial score (nSPS) is 20.4. The average molecular weight is 409 g/mol. The monoisotopic (exact) mass is 408 g/mol. The predicted molar refractivity (Wildman–Crippen MR) is 118 cm³/mol. The zero-order valence-electron chi connectivity index (χ0n) is 18.1. The van der Waals surface area contributed by atoms with Gasteiger partial charge < -0.3 is 14.7 Å². The lowest BCUT2D eigenvalue weighted by atomic mass is 9.90. The number of pyridine rings is 1. The Bertz CT molecular complexity index is 850. The fourth-order valence-corrected chi connectivity index (χ4v) is 4.40. The Morgan fingerprint density at radius 2 is 2.00 bits per heavy atom. The predicted octanol–water partition coefficient (Wildman–Crippen LogP) is 2.80. The van der Waals surface area contributed by atoms with E-state index in [2.05, 4.69) is 34.8 Å². The lowest BCUT2D eigenvalue weighted by molar-refractivity contribution is -0.132. The summed E-state index contributed by atoms with van der Waals surface area (Å²) in [5.41, 5.74) is 3.13. The van der Waals surface area contributed by atoms with E-state index >= 15 is 0 Å². The third kappa shape index (κ3) is 4.61. The number of hydrogen-bond donors (Lipinski definition) is 0. The lowest BCUT2D eigenvalue weighted by Gasteiger charge is -2.35. The maximum absolute atomic E-state index is 12.5. The van der Waals surface area contributed by atoms with E-state index in [1.54, 1.807) is 6.20 Å². The number of amides is 1. The Kier molecular flexibility index (Phi) is 6.57. The van der Waals surface area contributed by atoms with Crippen LogP contribution in [-0.4, -0.2) is 77.0 Å². The van der Waals surface area contributed by atoms with Crippen LogP contribution in [-0.2, 0) is 4.79 Å². The van der Waals surface area contributed by atoms with Gasteiger partial charge >= 0.3 is 0 Å². The topological polar surface area (TPSA) is 65.5 Å². The molecule has 2 fully saturated rings. The first-order valence-corrected chi connectivity index (χ1v) is 11.1. The number of likely N-dealkylation sites (N-methyl/N-ethyl adjacent to an activating group) is 1. The number of carbonyl (C=O) groups is 1. The highest BCUT2D eigenvalue weighted by molar-refractivity contribution is 5.76. The lowest BCUT2D eigenvalue weighted by Crippen LogP contribution is -2.45. The maximum atomic E-state index is 12.5. The Morgan fingerprint density at radius 3 is 2.73 bits per heavy atom. The summed E-state index contributed by atoms with van der Waals surface area (Å²) in [5.74, 6) is 1.30. The molecule has 2 aliphatic heterocycles. The van der Waals surface area contributed by atoms with Crippen LogP contribution in [0, 0.1) is 0 Å². The average Bonchev–Trinajstić information content (AvgIpc) is 2.80. The van der Waals surface area contributed by atoms with Crippen molar-refractivity contribution in [2.75, 3.05) is 51.2 Å². The van der Waals surface area contributed by atoms with E-state index in [1.807, 2.05) is 23.4 Å². The minimum absolute atomic E-state index is 0.226. The molecule has 0 aliphatic carbocycles. The smallest absolute Gasteiger partial charge is 0.225 e. The van der Waals surface area contributed by atoms with Gasteiger partial charge in [0.25, 0.3) is 0 Å². The number of anilines is 1. The molecule has 7 heteroatoms. The number of likely N-dealkylation sites (tertiary alicyclic amines) is 1. The number of piperidine rings is 1. The quantitative estimate of drug-likeness (QED) is 0.758. The number of piperazine rings is 1. The zero-order valence-corrected chi connectivity index (χ0v) is 18.1. The molecule has 2 aliphatic rings. The van der Waals surface area contributed by atoms with E-state index in [1.165, 1.54) is 0 Å². The van der Waals surface area contributed by atoms with Gasteiger partial charge in [0.05, 0.1) is 5.69 Å². The third-order valence-electron chi connectivity index (χ3n) is 6.19. The molecule has 2 saturated heterocycles. The molecule has 0 saturated carbocycles. The van der Waals surface area contributed by atoms with Crippen LogP contribution in [0.1, 0.15) is 44.2 Å². The fraction of sp³-hybridized carbons (Fsp3) is 0.565. The first-order chi connectivity index (χ1) is 14.7. The standard InChI is InChI=1S/C23H32N6O/c1-3-6-21(30)29-10-5-8-19(17-29)22-20(18-7-4-9-24-15-18)16-25-23(26-22)28-13-11-27(2)12-14-28/h4,7,9,15-16,19H,3,5-6,8,10-14,17H2,1-2H3. The molecule has 4 rings (SSSR count). The molecule has 1 atom stereocenters. The summed E-state index contributed by atoms with van der Waals surface area (Å²) in [6.07, 6.45) is 9.19. The first kappa shape index (κ1) is 20.7. The van der Waals surface area contributed by atoms with Gasteiger partial charge in [-0.3, -0.25) is 9.78 Å². The van der Waals surface area contributed by atoms with Gasteiger partial charge in [-0.2, -0.15) is 0 Å². The van der Waals surface area contributed by atoms with Gasteiger partial charge in [-0.25, -0.2) is 9.97 Å². The number of aromatic nitrogens is 3. The highest BCUT2D eigenvalue weighted by Crippen LogP contribution is 2.34. The second-order valence-corrected chi connectivity index (χ2v) is 8.43.